The lowest BCUT2D eigenvalue weighted by Gasteiger charge is -2.29. The summed E-state index contributed by atoms with van der Waals surface area (Å²) in [7, 11) is 0. The van der Waals surface area contributed by atoms with Crippen LogP contribution in [0.25, 0.3) is 0 Å². The van der Waals surface area contributed by atoms with Crippen LogP contribution in [0.1, 0.15) is 35.7 Å². The second kappa shape index (κ2) is 5.20. The molecular weight excluding hydrogens is 270 g/mol. The van der Waals surface area contributed by atoms with Crippen LogP contribution in [0.4, 0.5) is 5.69 Å². The summed E-state index contributed by atoms with van der Waals surface area (Å²) in [5.74, 6) is -0.790. The van der Waals surface area contributed by atoms with Crippen molar-refractivity contribution in [2.75, 3.05) is 11.9 Å². The molecule has 3 rings (SSSR count). The molecule has 1 aromatic rings. The minimum absolute atomic E-state index is 0.143. The van der Waals surface area contributed by atoms with E-state index in [1.54, 1.807) is 4.90 Å². The average Bonchev–Trinajstić information content (AvgIpc) is 2.78. The molecule has 1 unspecified atom stereocenters. The Balaban J connectivity index is 1.88. The topological polar surface area (TPSA) is 78.5 Å². The molecule has 1 atom stereocenters. The lowest BCUT2D eigenvalue weighted by atomic mass is 10.0. The Morgan fingerprint density at radius 3 is 2.86 bits per heavy atom. The molecule has 110 valence electrons. The van der Waals surface area contributed by atoms with Crippen molar-refractivity contribution in [3.05, 3.63) is 29.3 Å². The minimum Gasteiger partial charge on any atom is -0.385 e. The van der Waals surface area contributed by atoms with Gasteiger partial charge in [-0.1, -0.05) is 12.1 Å². The van der Waals surface area contributed by atoms with E-state index in [9.17, 15) is 14.4 Å². The summed E-state index contributed by atoms with van der Waals surface area (Å²) in [6, 6.07) is 5.11. The summed E-state index contributed by atoms with van der Waals surface area (Å²) in [5.41, 5.74) is 2.36. The van der Waals surface area contributed by atoms with Gasteiger partial charge in [0.05, 0.1) is 5.56 Å². The smallest absolute Gasteiger partial charge is 0.257 e. The number of imide groups is 1. The molecule has 0 radical (unpaired) electrons. The van der Waals surface area contributed by atoms with E-state index in [-0.39, 0.29) is 24.1 Å². The fourth-order valence-corrected chi connectivity index (χ4v) is 2.95. The van der Waals surface area contributed by atoms with Gasteiger partial charge in [-0.15, -0.1) is 0 Å². The number of piperidine rings is 1. The van der Waals surface area contributed by atoms with Gasteiger partial charge in [-0.25, -0.2) is 0 Å². The highest BCUT2D eigenvalue weighted by Crippen LogP contribution is 2.32. The summed E-state index contributed by atoms with van der Waals surface area (Å²) >= 11 is 0. The average molecular weight is 287 g/mol. The van der Waals surface area contributed by atoms with Gasteiger partial charge >= 0.3 is 0 Å². The maximum atomic E-state index is 12.6. The first-order valence-electron chi connectivity index (χ1n) is 7.12. The van der Waals surface area contributed by atoms with Crippen LogP contribution in [-0.2, 0) is 16.1 Å². The lowest BCUT2D eigenvalue weighted by molar-refractivity contribution is -0.136. The maximum Gasteiger partial charge on any atom is 0.257 e. The van der Waals surface area contributed by atoms with E-state index in [1.807, 2.05) is 25.1 Å². The fourth-order valence-electron chi connectivity index (χ4n) is 2.95. The Morgan fingerprint density at radius 1 is 1.33 bits per heavy atom. The Morgan fingerprint density at radius 2 is 2.14 bits per heavy atom. The molecule has 1 saturated heterocycles. The van der Waals surface area contributed by atoms with Crippen molar-refractivity contribution in [1.82, 2.24) is 10.2 Å². The van der Waals surface area contributed by atoms with Gasteiger partial charge in [0.25, 0.3) is 5.91 Å². The van der Waals surface area contributed by atoms with E-state index in [2.05, 4.69) is 10.6 Å². The number of fused-ring (bicyclic) bond motifs is 1. The van der Waals surface area contributed by atoms with Gasteiger partial charge in [-0.3, -0.25) is 19.7 Å². The van der Waals surface area contributed by atoms with Gasteiger partial charge in [-0.2, -0.15) is 0 Å². The van der Waals surface area contributed by atoms with Gasteiger partial charge in [0.15, 0.2) is 0 Å². The zero-order valence-corrected chi connectivity index (χ0v) is 11.8. The van der Waals surface area contributed by atoms with Crippen molar-refractivity contribution in [1.29, 1.82) is 0 Å². The molecule has 2 aliphatic heterocycles. The summed E-state index contributed by atoms with van der Waals surface area (Å²) < 4.78 is 0. The summed E-state index contributed by atoms with van der Waals surface area (Å²) in [5, 5.41) is 5.48. The molecule has 0 aliphatic carbocycles. The van der Waals surface area contributed by atoms with E-state index < -0.39 is 6.04 Å². The molecular formula is C15H17N3O3. The zero-order chi connectivity index (χ0) is 15.0. The molecule has 0 saturated carbocycles. The minimum atomic E-state index is -0.558. The first-order chi connectivity index (χ1) is 10.1. The molecule has 0 aromatic heterocycles. The van der Waals surface area contributed by atoms with Crippen molar-refractivity contribution in [2.45, 2.75) is 32.4 Å². The van der Waals surface area contributed by atoms with Gasteiger partial charge in [0.2, 0.25) is 11.8 Å². The Bertz CT molecular complexity index is 627. The van der Waals surface area contributed by atoms with E-state index in [4.69, 9.17) is 0 Å². The molecule has 2 aliphatic rings. The third-order valence-electron chi connectivity index (χ3n) is 3.92. The number of amides is 3. The van der Waals surface area contributed by atoms with E-state index in [0.717, 1.165) is 17.8 Å². The molecule has 3 amide bonds. The maximum absolute atomic E-state index is 12.6. The highest BCUT2D eigenvalue weighted by molar-refractivity contribution is 6.07. The number of nitrogens with zero attached hydrogens (tertiary/aromatic N) is 1. The number of rotatable bonds is 3. The first-order valence-corrected chi connectivity index (χ1v) is 7.12. The second-order valence-electron chi connectivity index (χ2n) is 5.27. The van der Waals surface area contributed by atoms with Crippen LogP contribution < -0.4 is 10.6 Å². The fraction of sp³-hybridized carbons (Fsp3) is 0.400. The molecule has 0 spiro atoms. The summed E-state index contributed by atoms with van der Waals surface area (Å²) in [6.45, 7) is 3.11. The molecule has 1 fully saturated rings. The quantitative estimate of drug-likeness (QED) is 0.809. The molecule has 2 N–H and O–H groups in total. The highest BCUT2D eigenvalue weighted by Gasteiger charge is 2.39. The first kappa shape index (κ1) is 13.6. The monoisotopic (exact) mass is 287 g/mol. The van der Waals surface area contributed by atoms with Crippen molar-refractivity contribution in [2.24, 2.45) is 0 Å². The normalized spacial score (nSPS) is 21.3. The van der Waals surface area contributed by atoms with Gasteiger partial charge < -0.3 is 10.2 Å². The van der Waals surface area contributed by atoms with Gasteiger partial charge in [0, 0.05) is 25.2 Å². The summed E-state index contributed by atoms with van der Waals surface area (Å²) in [4.78, 5) is 37.4. The van der Waals surface area contributed by atoms with Crippen molar-refractivity contribution in [3.63, 3.8) is 0 Å². The molecule has 6 nitrogen and oxygen atoms in total. The number of benzene rings is 1. The Labute approximate surface area is 122 Å². The van der Waals surface area contributed by atoms with Crippen LogP contribution in [0.5, 0.6) is 0 Å². The van der Waals surface area contributed by atoms with Gasteiger partial charge in [0.1, 0.15) is 6.04 Å². The van der Waals surface area contributed by atoms with E-state index >= 15 is 0 Å². The number of nitrogens with one attached hydrogen (secondary N) is 2. The zero-order valence-electron chi connectivity index (χ0n) is 11.8. The summed E-state index contributed by atoms with van der Waals surface area (Å²) in [6.07, 6.45) is 0.664. The molecule has 2 heterocycles. The number of hydrogen-bond donors (Lipinski definition) is 2. The van der Waals surface area contributed by atoms with Crippen LogP contribution in [0, 0.1) is 0 Å². The van der Waals surface area contributed by atoms with E-state index in [1.165, 1.54) is 0 Å². The van der Waals surface area contributed by atoms with Crippen LogP contribution in [0.3, 0.4) is 0 Å². The number of carbonyl (C=O) groups is 3. The largest absolute Gasteiger partial charge is 0.385 e. The Hall–Kier alpha value is -2.37. The standard InChI is InChI=1S/C15H17N3O3/c1-2-16-10-5-3-4-9-8-18(15(21)13(9)10)11-6-7-12(19)17-14(11)20/h3-5,11,16H,2,6-8H2,1H3,(H,17,19,20). The van der Waals surface area contributed by atoms with Crippen LogP contribution >= 0.6 is 0 Å². The third kappa shape index (κ3) is 2.26. The lowest BCUT2D eigenvalue weighted by Crippen LogP contribution is -2.52. The number of anilines is 1. The Kier molecular flexibility index (Phi) is 3.37. The molecule has 21 heavy (non-hydrogen) atoms. The van der Waals surface area contributed by atoms with Crippen LogP contribution in [0.2, 0.25) is 0 Å². The molecule has 1 aromatic carbocycles. The van der Waals surface area contributed by atoms with Gasteiger partial charge in [-0.05, 0) is 25.0 Å². The number of carbonyl (C=O) groups excluding carboxylic acids is 3. The molecule has 0 bridgehead atoms. The number of hydrogen-bond acceptors (Lipinski definition) is 4. The predicted octanol–water partition coefficient (Wildman–Crippen LogP) is 0.879. The van der Waals surface area contributed by atoms with Crippen molar-refractivity contribution >= 4 is 23.4 Å². The predicted molar refractivity (Wildman–Crippen MR) is 76.7 cm³/mol. The highest BCUT2D eigenvalue weighted by atomic mass is 16.2. The van der Waals surface area contributed by atoms with Crippen LogP contribution in [-0.4, -0.2) is 35.2 Å². The van der Waals surface area contributed by atoms with Crippen molar-refractivity contribution in [3.8, 4) is 0 Å². The van der Waals surface area contributed by atoms with Crippen molar-refractivity contribution < 1.29 is 14.4 Å². The SMILES string of the molecule is CCNc1cccc2c1C(=O)N(C1CCC(=O)NC1=O)C2. The third-order valence-corrected chi connectivity index (χ3v) is 3.92. The van der Waals surface area contributed by atoms with E-state index in [0.29, 0.717) is 18.5 Å². The molecule has 6 heteroatoms. The van der Waals surface area contributed by atoms with Crippen LogP contribution in [0.15, 0.2) is 18.2 Å². The second-order valence-corrected chi connectivity index (χ2v) is 5.27.